The van der Waals surface area contributed by atoms with E-state index in [2.05, 4.69) is 22.0 Å². The van der Waals surface area contributed by atoms with Crippen LogP contribution in [-0.2, 0) is 4.79 Å². The largest absolute Gasteiger partial charge is 0.351 e. The van der Waals surface area contributed by atoms with Crippen molar-refractivity contribution in [3.63, 3.8) is 0 Å². The minimum atomic E-state index is -0.113. The Labute approximate surface area is 105 Å². The molecule has 1 aliphatic heterocycles. The van der Waals surface area contributed by atoms with E-state index in [-0.39, 0.29) is 11.4 Å². The van der Waals surface area contributed by atoms with Crippen LogP contribution in [0.3, 0.4) is 0 Å². The van der Waals surface area contributed by atoms with Gasteiger partial charge in [0.15, 0.2) is 0 Å². The van der Waals surface area contributed by atoms with Crippen molar-refractivity contribution in [2.24, 2.45) is 0 Å². The summed E-state index contributed by atoms with van der Waals surface area (Å²) >= 11 is 0. The standard InChI is InChI=1S/C13H27N3O/c1-5-15-8-10-16(11-9-15)7-6-12(17)14-13(2,3)4/h5-11H2,1-4H3,(H,14,17). The van der Waals surface area contributed by atoms with Crippen LogP contribution in [0, 0.1) is 0 Å². The minimum absolute atomic E-state index is 0.113. The maximum absolute atomic E-state index is 11.7. The fourth-order valence-corrected chi connectivity index (χ4v) is 2.07. The summed E-state index contributed by atoms with van der Waals surface area (Å²) in [6, 6.07) is 0. The molecule has 0 aromatic heterocycles. The van der Waals surface area contributed by atoms with Crippen LogP contribution in [0.2, 0.25) is 0 Å². The average Bonchev–Trinajstić information content (AvgIpc) is 2.25. The summed E-state index contributed by atoms with van der Waals surface area (Å²) in [5.41, 5.74) is -0.113. The highest BCUT2D eigenvalue weighted by Gasteiger charge is 2.17. The second-order valence-corrected chi connectivity index (χ2v) is 5.82. The fraction of sp³-hybridized carbons (Fsp3) is 0.923. The van der Waals surface area contributed by atoms with E-state index < -0.39 is 0 Å². The third-order valence-electron chi connectivity index (χ3n) is 3.08. The van der Waals surface area contributed by atoms with Gasteiger partial charge in [-0.05, 0) is 27.3 Å². The molecular formula is C13H27N3O. The zero-order chi connectivity index (χ0) is 12.9. The topological polar surface area (TPSA) is 35.6 Å². The zero-order valence-electron chi connectivity index (χ0n) is 11.8. The lowest BCUT2D eigenvalue weighted by atomic mass is 10.1. The van der Waals surface area contributed by atoms with Gasteiger partial charge in [-0.2, -0.15) is 0 Å². The Balaban J connectivity index is 2.17. The van der Waals surface area contributed by atoms with Crippen LogP contribution in [0.15, 0.2) is 0 Å². The normalized spacial score (nSPS) is 19.3. The summed E-state index contributed by atoms with van der Waals surface area (Å²) in [4.78, 5) is 16.5. The molecule has 0 aromatic carbocycles. The van der Waals surface area contributed by atoms with Gasteiger partial charge >= 0.3 is 0 Å². The number of carbonyl (C=O) groups is 1. The van der Waals surface area contributed by atoms with E-state index in [1.54, 1.807) is 0 Å². The first-order chi connectivity index (χ1) is 7.90. The molecule has 1 rings (SSSR count). The summed E-state index contributed by atoms with van der Waals surface area (Å²) in [5, 5.41) is 3.00. The first-order valence-electron chi connectivity index (χ1n) is 6.66. The van der Waals surface area contributed by atoms with Crippen molar-refractivity contribution in [1.82, 2.24) is 15.1 Å². The van der Waals surface area contributed by atoms with Crippen LogP contribution in [0.4, 0.5) is 0 Å². The third kappa shape index (κ3) is 6.03. The van der Waals surface area contributed by atoms with E-state index in [1.807, 2.05) is 20.8 Å². The van der Waals surface area contributed by atoms with Gasteiger partial charge in [0.05, 0.1) is 0 Å². The van der Waals surface area contributed by atoms with Crippen LogP contribution >= 0.6 is 0 Å². The van der Waals surface area contributed by atoms with Gasteiger partial charge in [-0.25, -0.2) is 0 Å². The van der Waals surface area contributed by atoms with Crippen LogP contribution in [-0.4, -0.2) is 60.5 Å². The summed E-state index contributed by atoms with van der Waals surface area (Å²) < 4.78 is 0. The van der Waals surface area contributed by atoms with Gasteiger partial charge < -0.3 is 15.1 Å². The SMILES string of the molecule is CCN1CCN(CCC(=O)NC(C)(C)C)CC1. The average molecular weight is 241 g/mol. The molecule has 1 heterocycles. The Hall–Kier alpha value is -0.610. The summed E-state index contributed by atoms with van der Waals surface area (Å²) in [6.45, 7) is 14.7. The highest BCUT2D eigenvalue weighted by Crippen LogP contribution is 2.03. The predicted octanol–water partition coefficient (Wildman–Crippen LogP) is 0.929. The highest BCUT2D eigenvalue weighted by atomic mass is 16.1. The number of nitrogens with one attached hydrogen (secondary N) is 1. The Bertz CT molecular complexity index is 240. The van der Waals surface area contributed by atoms with Gasteiger partial charge in [-0.1, -0.05) is 6.92 Å². The third-order valence-corrected chi connectivity index (χ3v) is 3.08. The number of hydrogen-bond acceptors (Lipinski definition) is 3. The number of likely N-dealkylation sites (N-methyl/N-ethyl adjacent to an activating group) is 1. The van der Waals surface area contributed by atoms with E-state index in [4.69, 9.17) is 0 Å². The monoisotopic (exact) mass is 241 g/mol. The van der Waals surface area contributed by atoms with Crippen molar-refractivity contribution in [3.05, 3.63) is 0 Å². The molecule has 0 atom stereocenters. The van der Waals surface area contributed by atoms with E-state index in [0.717, 1.165) is 39.3 Å². The summed E-state index contributed by atoms with van der Waals surface area (Å²) in [6.07, 6.45) is 0.614. The Morgan fingerprint density at radius 1 is 1.12 bits per heavy atom. The lowest BCUT2D eigenvalue weighted by Gasteiger charge is -2.34. The smallest absolute Gasteiger partial charge is 0.221 e. The van der Waals surface area contributed by atoms with Gasteiger partial charge in [0.1, 0.15) is 0 Å². The molecule has 4 heteroatoms. The van der Waals surface area contributed by atoms with Gasteiger partial charge in [0.25, 0.3) is 0 Å². The molecule has 0 aromatic rings. The lowest BCUT2D eigenvalue weighted by Crippen LogP contribution is -2.47. The van der Waals surface area contributed by atoms with Crippen molar-refractivity contribution in [2.75, 3.05) is 39.3 Å². The maximum Gasteiger partial charge on any atom is 0.221 e. The highest BCUT2D eigenvalue weighted by molar-refractivity contribution is 5.76. The molecule has 4 nitrogen and oxygen atoms in total. The van der Waals surface area contributed by atoms with Crippen molar-refractivity contribution >= 4 is 5.91 Å². The van der Waals surface area contributed by atoms with Gasteiger partial charge in [-0.3, -0.25) is 4.79 Å². The molecule has 0 bridgehead atoms. The lowest BCUT2D eigenvalue weighted by molar-refractivity contribution is -0.122. The van der Waals surface area contributed by atoms with Crippen LogP contribution in [0.25, 0.3) is 0 Å². The van der Waals surface area contributed by atoms with Crippen molar-refractivity contribution < 1.29 is 4.79 Å². The second-order valence-electron chi connectivity index (χ2n) is 5.82. The van der Waals surface area contributed by atoms with Crippen molar-refractivity contribution in [1.29, 1.82) is 0 Å². The Kier molecular flexibility index (Phi) is 5.40. The van der Waals surface area contributed by atoms with Gasteiger partial charge in [0.2, 0.25) is 5.91 Å². The molecule has 1 fully saturated rings. The Morgan fingerprint density at radius 3 is 2.12 bits per heavy atom. The molecule has 0 saturated carbocycles. The molecule has 1 aliphatic rings. The van der Waals surface area contributed by atoms with Crippen molar-refractivity contribution in [2.45, 2.75) is 39.7 Å². The fourth-order valence-electron chi connectivity index (χ4n) is 2.07. The quantitative estimate of drug-likeness (QED) is 0.795. The maximum atomic E-state index is 11.7. The molecule has 0 radical (unpaired) electrons. The molecule has 17 heavy (non-hydrogen) atoms. The molecule has 1 amide bonds. The molecular weight excluding hydrogens is 214 g/mol. The zero-order valence-corrected chi connectivity index (χ0v) is 11.8. The number of amides is 1. The van der Waals surface area contributed by atoms with E-state index >= 15 is 0 Å². The molecule has 0 spiro atoms. The first kappa shape index (κ1) is 14.5. The number of piperazine rings is 1. The number of rotatable bonds is 4. The van der Waals surface area contributed by atoms with Gasteiger partial charge in [-0.15, -0.1) is 0 Å². The van der Waals surface area contributed by atoms with Crippen molar-refractivity contribution in [3.8, 4) is 0 Å². The summed E-state index contributed by atoms with van der Waals surface area (Å²) in [7, 11) is 0. The van der Waals surface area contributed by atoms with E-state index in [9.17, 15) is 4.79 Å². The van der Waals surface area contributed by atoms with Gasteiger partial charge in [0, 0.05) is 44.7 Å². The van der Waals surface area contributed by atoms with E-state index in [1.165, 1.54) is 0 Å². The predicted molar refractivity (Wildman–Crippen MR) is 71.1 cm³/mol. The summed E-state index contributed by atoms with van der Waals surface area (Å²) in [5.74, 6) is 0.162. The van der Waals surface area contributed by atoms with Crippen LogP contribution in [0.5, 0.6) is 0 Å². The second kappa shape index (κ2) is 6.36. The molecule has 1 saturated heterocycles. The molecule has 100 valence electrons. The number of nitrogens with zero attached hydrogens (tertiary/aromatic N) is 2. The number of hydrogen-bond donors (Lipinski definition) is 1. The van der Waals surface area contributed by atoms with E-state index in [0.29, 0.717) is 6.42 Å². The Morgan fingerprint density at radius 2 is 1.65 bits per heavy atom. The molecule has 0 aliphatic carbocycles. The minimum Gasteiger partial charge on any atom is -0.351 e. The molecule has 1 N–H and O–H groups in total. The van der Waals surface area contributed by atoms with Crippen LogP contribution in [0.1, 0.15) is 34.1 Å². The number of carbonyl (C=O) groups excluding carboxylic acids is 1. The first-order valence-corrected chi connectivity index (χ1v) is 6.66. The molecule has 0 unspecified atom stereocenters. The van der Waals surface area contributed by atoms with Crippen LogP contribution < -0.4 is 5.32 Å².